The van der Waals surface area contributed by atoms with Gasteiger partial charge in [-0.3, -0.25) is 9.59 Å². The summed E-state index contributed by atoms with van der Waals surface area (Å²) in [4.78, 5) is 24.4. The monoisotopic (exact) mass is 641 g/mol. The molecule has 0 unspecified atom stereocenters. The van der Waals surface area contributed by atoms with Crippen molar-refractivity contribution in [3.05, 3.63) is 35.4 Å². The van der Waals surface area contributed by atoms with Gasteiger partial charge in [0.05, 0.1) is 23.9 Å². The van der Waals surface area contributed by atoms with Crippen molar-refractivity contribution in [3.8, 4) is 6.07 Å². The van der Waals surface area contributed by atoms with Crippen molar-refractivity contribution in [2.45, 2.75) is 38.6 Å². The minimum Gasteiger partial charge on any atom is -0.352 e. The van der Waals surface area contributed by atoms with Gasteiger partial charge in [0, 0.05) is 46.8 Å². The van der Waals surface area contributed by atoms with E-state index >= 15 is 0 Å². The largest absolute Gasteiger partial charge is 0.352 e. The fraction of sp³-hybridized carbons (Fsp3) is 0.609. The summed E-state index contributed by atoms with van der Waals surface area (Å²) in [6.07, 6.45) is 4.07. The number of nitrogens with one attached hydrogen (secondary N) is 1. The van der Waals surface area contributed by atoms with Crippen LogP contribution in [0, 0.1) is 34.8 Å². The normalized spacial score (nSPS) is 21.7. The second kappa shape index (κ2) is 13.6. The molecule has 4 rings (SSSR count). The number of carbonyl (C=O) groups excluding carboxylic acids is 2. The first kappa shape index (κ1) is 30.3. The molecule has 36 heavy (non-hydrogen) atoms. The Balaban J connectivity index is 0.000000396. The third kappa shape index (κ3) is 7.56. The standard InChI is InChI=1S/C14H22N4O3S.C9H9F2NO.HI.H2/c15-8-12-9-18(10-12)22(20,21)17-7-3-4-13(11-17)14(19)16-5-1-2-6-16;1-6(12-5-13)7-2-8(10)4-9(11)3-7;;/h12-13H,1-7,9-11H2;2-6H,1H3,(H,12,13);2*1H/t13-;6-;;/m01../s1. The summed E-state index contributed by atoms with van der Waals surface area (Å²) >= 11 is 0. The van der Waals surface area contributed by atoms with Gasteiger partial charge in [0.1, 0.15) is 11.6 Å². The number of nitriles is 1. The molecule has 0 aromatic heterocycles. The van der Waals surface area contributed by atoms with Gasteiger partial charge in [0.25, 0.3) is 10.2 Å². The number of amides is 2. The highest BCUT2D eigenvalue weighted by Gasteiger charge is 2.42. The van der Waals surface area contributed by atoms with E-state index in [9.17, 15) is 26.8 Å². The van der Waals surface area contributed by atoms with Crippen LogP contribution in [-0.4, -0.2) is 73.5 Å². The smallest absolute Gasteiger partial charge is 0.282 e. The maximum absolute atomic E-state index is 12.7. The summed E-state index contributed by atoms with van der Waals surface area (Å²) in [7, 11) is -3.51. The molecule has 1 aromatic rings. The summed E-state index contributed by atoms with van der Waals surface area (Å²) in [5.41, 5.74) is 0.407. The maximum Gasteiger partial charge on any atom is 0.282 e. The van der Waals surface area contributed by atoms with E-state index in [0.29, 0.717) is 18.5 Å². The van der Waals surface area contributed by atoms with Crippen LogP contribution in [0.1, 0.15) is 45.6 Å². The lowest BCUT2D eigenvalue weighted by Gasteiger charge is -2.40. The molecule has 1 aromatic carbocycles. The van der Waals surface area contributed by atoms with E-state index in [-0.39, 0.29) is 68.8 Å². The van der Waals surface area contributed by atoms with Gasteiger partial charge in [-0.2, -0.15) is 22.3 Å². The molecular weight excluding hydrogens is 607 g/mol. The molecule has 3 aliphatic rings. The SMILES string of the molecule is C[C@@H](NC=O)c1cc(F)cc(F)c1.I.N#CC1CN(S(=O)(=O)N2CCC[C@H](C(=O)N3CCCC3)C2)C1.[HH]. The third-order valence-electron chi connectivity index (χ3n) is 6.54. The molecule has 0 saturated carbocycles. The van der Waals surface area contributed by atoms with Crippen molar-refractivity contribution in [1.29, 1.82) is 5.26 Å². The van der Waals surface area contributed by atoms with Crippen molar-refractivity contribution in [2.24, 2.45) is 11.8 Å². The first-order chi connectivity index (χ1) is 16.6. The molecule has 13 heteroatoms. The second-order valence-electron chi connectivity index (χ2n) is 9.09. The highest BCUT2D eigenvalue weighted by molar-refractivity contribution is 14.0. The minimum absolute atomic E-state index is 0. The van der Waals surface area contributed by atoms with Crippen LogP contribution in [0.2, 0.25) is 0 Å². The van der Waals surface area contributed by atoms with E-state index < -0.39 is 21.8 Å². The van der Waals surface area contributed by atoms with Gasteiger partial charge in [-0.05, 0) is 50.3 Å². The van der Waals surface area contributed by atoms with Gasteiger partial charge in [-0.15, -0.1) is 24.0 Å². The van der Waals surface area contributed by atoms with Gasteiger partial charge < -0.3 is 10.2 Å². The first-order valence-corrected chi connectivity index (χ1v) is 13.1. The zero-order valence-electron chi connectivity index (χ0n) is 20.1. The van der Waals surface area contributed by atoms with E-state index in [1.54, 1.807) is 6.92 Å². The van der Waals surface area contributed by atoms with Crippen molar-refractivity contribution >= 4 is 46.5 Å². The number of nitrogens with zero attached hydrogens (tertiary/aromatic N) is 4. The van der Waals surface area contributed by atoms with Crippen molar-refractivity contribution < 1.29 is 28.2 Å². The summed E-state index contributed by atoms with van der Waals surface area (Å²) in [5, 5.41) is 11.2. The lowest BCUT2D eigenvalue weighted by atomic mass is 9.98. The fourth-order valence-electron chi connectivity index (χ4n) is 4.44. The van der Waals surface area contributed by atoms with E-state index in [4.69, 9.17) is 5.26 Å². The highest BCUT2D eigenvalue weighted by Crippen LogP contribution is 2.27. The topological polar surface area (TPSA) is 114 Å². The van der Waals surface area contributed by atoms with Crippen LogP contribution < -0.4 is 5.32 Å². The minimum atomic E-state index is -3.51. The van der Waals surface area contributed by atoms with Gasteiger partial charge in [-0.25, -0.2) is 8.78 Å². The number of benzene rings is 1. The number of rotatable bonds is 6. The lowest BCUT2D eigenvalue weighted by Crippen LogP contribution is -2.57. The van der Waals surface area contributed by atoms with Gasteiger partial charge >= 0.3 is 0 Å². The van der Waals surface area contributed by atoms with E-state index in [1.165, 1.54) is 20.7 Å². The average Bonchev–Trinajstić information content (AvgIpc) is 3.33. The molecule has 3 aliphatic heterocycles. The highest BCUT2D eigenvalue weighted by atomic mass is 127. The van der Waals surface area contributed by atoms with Crippen molar-refractivity contribution in [1.82, 2.24) is 18.8 Å². The summed E-state index contributed by atoms with van der Waals surface area (Å²) in [6.45, 7) is 4.56. The van der Waals surface area contributed by atoms with E-state index in [1.807, 2.05) is 4.90 Å². The number of carbonyl (C=O) groups is 2. The zero-order chi connectivity index (χ0) is 25.6. The molecule has 0 bridgehead atoms. The molecule has 202 valence electrons. The summed E-state index contributed by atoms with van der Waals surface area (Å²) in [5.74, 6) is -1.59. The molecule has 1 N–H and O–H groups in total. The second-order valence-corrected chi connectivity index (χ2v) is 11.0. The molecule has 3 heterocycles. The van der Waals surface area contributed by atoms with Crippen LogP contribution in [0.5, 0.6) is 0 Å². The molecule has 9 nitrogen and oxygen atoms in total. The predicted octanol–water partition coefficient (Wildman–Crippen LogP) is 2.66. The zero-order valence-corrected chi connectivity index (χ0v) is 23.3. The molecule has 0 aliphatic carbocycles. The van der Waals surface area contributed by atoms with E-state index in [2.05, 4.69) is 11.4 Å². The number of halogens is 3. The molecular formula is C23H34F2IN5O4S. The lowest BCUT2D eigenvalue weighted by molar-refractivity contribution is -0.135. The Morgan fingerprint density at radius 2 is 1.72 bits per heavy atom. The van der Waals surface area contributed by atoms with Gasteiger partial charge in [-0.1, -0.05) is 0 Å². The molecule has 3 fully saturated rings. The van der Waals surface area contributed by atoms with Crippen LogP contribution in [-0.2, 0) is 19.8 Å². The Bertz CT molecular complexity index is 1050. The Hall–Kier alpha value is -1.89. The van der Waals surface area contributed by atoms with Crippen LogP contribution in [0.25, 0.3) is 0 Å². The number of hydrogen-bond acceptors (Lipinski definition) is 5. The molecule has 2 atom stereocenters. The van der Waals surface area contributed by atoms with Gasteiger partial charge in [0.2, 0.25) is 12.3 Å². The summed E-state index contributed by atoms with van der Waals surface area (Å²) < 4.78 is 53.2. The van der Waals surface area contributed by atoms with E-state index in [0.717, 1.165) is 44.8 Å². The number of hydrogen-bond donors (Lipinski definition) is 1. The molecule has 2 amide bonds. The average molecular weight is 642 g/mol. The Morgan fingerprint density at radius 3 is 2.28 bits per heavy atom. The Kier molecular flexibility index (Phi) is 11.5. The predicted molar refractivity (Wildman–Crippen MR) is 141 cm³/mol. The van der Waals surface area contributed by atoms with Crippen LogP contribution in [0.15, 0.2) is 18.2 Å². The molecule has 3 saturated heterocycles. The van der Waals surface area contributed by atoms with Crippen LogP contribution >= 0.6 is 24.0 Å². The van der Waals surface area contributed by atoms with Crippen LogP contribution in [0.4, 0.5) is 8.78 Å². The molecule has 0 spiro atoms. The molecule has 0 radical (unpaired) electrons. The first-order valence-electron chi connectivity index (χ1n) is 11.7. The quantitative estimate of drug-likeness (QED) is 0.379. The fourth-order valence-corrected chi connectivity index (χ4v) is 6.24. The number of likely N-dealkylation sites (tertiary alicyclic amines) is 1. The van der Waals surface area contributed by atoms with Crippen LogP contribution in [0.3, 0.4) is 0 Å². The van der Waals surface area contributed by atoms with Crippen molar-refractivity contribution in [2.75, 3.05) is 39.3 Å². The Labute approximate surface area is 229 Å². The number of piperidine rings is 1. The maximum atomic E-state index is 12.7. The van der Waals surface area contributed by atoms with Crippen molar-refractivity contribution in [3.63, 3.8) is 0 Å². The summed E-state index contributed by atoms with van der Waals surface area (Å²) in [6, 6.07) is 4.86. The Morgan fingerprint density at radius 1 is 1.11 bits per heavy atom. The van der Waals surface area contributed by atoms with Gasteiger partial charge in [0.15, 0.2) is 0 Å². The third-order valence-corrected chi connectivity index (χ3v) is 8.47.